The summed E-state index contributed by atoms with van der Waals surface area (Å²) in [5.74, 6) is 0.0310. The maximum atomic E-state index is 12.5. The fourth-order valence-electron chi connectivity index (χ4n) is 3.43. The Labute approximate surface area is 153 Å². The van der Waals surface area contributed by atoms with Crippen LogP contribution in [0.5, 0.6) is 0 Å². The summed E-state index contributed by atoms with van der Waals surface area (Å²) in [7, 11) is 0. The minimum atomic E-state index is 0.0310. The summed E-state index contributed by atoms with van der Waals surface area (Å²) >= 11 is 0. The van der Waals surface area contributed by atoms with E-state index in [-0.39, 0.29) is 5.91 Å². The monoisotopic (exact) mass is 349 g/mol. The first-order valence-electron chi connectivity index (χ1n) is 9.07. The van der Waals surface area contributed by atoms with Crippen LogP contribution < -0.4 is 10.2 Å². The summed E-state index contributed by atoms with van der Waals surface area (Å²) in [5, 5.41) is 4.28. The first-order chi connectivity index (χ1) is 12.8. The number of morpholine rings is 1. The Kier molecular flexibility index (Phi) is 4.88. The lowest BCUT2D eigenvalue weighted by atomic mass is 10.2. The average molecular weight is 349 g/mol. The Morgan fingerprint density at radius 2 is 1.77 bits per heavy atom. The lowest BCUT2D eigenvalue weighted by Crippen LogP contribution is -2.36. The number of benzene rings is 2. The Hall–Kier alpha value is -2.79. The number of amides is 1. The lowest BCUT2D eigenvalue weighted by molar-refractivity contribution is -0.116. The second-order valence-electron chi connectivity index (χ2n) is 6.48. The van der Waals surface area contributed by atoms with E-state index >= 15 is 0 Å². The SMILES string of the molecule is O=C(CCn1ccc2ccccc21)Nc1ccccc1N1CCOCC1. The molecule has 26 heavy (non-hydrogen) atoms. The molecule has 1 aromatic heterocycles. The lowest BCUT2D eigenvalue weighted by Gasteiger charge is -2.30. The van der Waals surface area contributed by atoms with Crippen LogP contribution in [0.25, 0.3) is 10.9 Å². The highest BCUT2D eigenvalue weighted by Gasteiger charge is 2.15. The fourth-order valence-corrected chi connectivity index (χ4v) is 3.43. The molecule has 0 unspecified atom stereocenters. The summed E-state index contributed by atoms with van der Waals surface area (Å²) in [4.78, 5) is 14.8. The van der Waals surface area contributed by atoms with Crippen LogP contribution in [-0.4, -0.2) is 36.8 Å². The molecule has 1 fully saturated rings. The molecule has 5 heteroatoms. The van der Waals surface area contributed by atoms with Crippen LogP contribution in [0.1, 0.15) is 6.42 Å². The molecule has 0 aliphatic carbocycles. The Morgan fingerprint density at radius 1 is 1.00 bits per heavy atom. The number of rotatable bonds is 5. The zero-order valence-electron chi connectivity index (χ0n) is 14.7. The molecule has 1 N–H and O–H groups in total. The van der Waals surface area contributed by atoms with Crippen molar-refractivity contribution in [3.8, 4) is 0 Å². The van der Waals surface area contributed by atoms with Crippen molar-refractivity contribution in [1.82, 2.24) is 4.57 Å². The normalized spacial score (nSPS) is 14.5. The molecule has 2 aromatic carbocycles. The van der Waals surface area contributed by atoms with Crippen LogP contribution in [0.4, 0.5) is 11.4 Å². The van der Waals surface area contributed by atoms with Crippen LogP contribution in [0.3, 0.4) is 0 Å². The Morgan fingerprint density at radius 3 is 2.65 bits per heavy atom. The quantitative estimate of drug-likeness (QED) is 0.767. The number of hydrogen-bond acceptors (Lipinski definition) is 3. The smallest absolute Gasteiger partial charge is 0.226 e. The number of carbonyl (C=O) groups excluding carboxylic acids is 1. The van der Waals surface area contributed by atoms with Gasteiger partial charge in [0.15, 0.2) is 0 Å². The predicted octanol–water partition coefficient (Wildman–Crippen LogP) is 3.51. The molecule has 5 nitrogen and oxygen atoms in total. The highest BCUT2D eigenvalue weighted by Crippen LogP contribution is 2.26. The van der Waals surface area contributed by atoms with Crippen LogP contribution in [0.2, 0.25) is 0 Å². The molecular weight excluding hydrogens is 326 g/mol. The van der Waals surface area contributed by atoms with E-state index in [2.05, 4.69) is 39.0 Å². The molecule has 1 aliphatic rings. The van der Waals surface area contributed by atoms with E-state index in [0.717, 1.165) is 43.2 Å². The van der Waals surface area contributed by atoms with E-state index < -0.39 is 0 Å². The molecule has 0 atom stereocenters. The van der Waals surface area contributed by atoms with Gasteiger partial charge < -0.3 is 19.5 Å². The van der Waals surface area contributed by atoms with Crippen LogP contribution >= 0.6 is 0 Å². The van der Waals surface area contributed by atoms with Gasteiger partial charge in [-0.25, -0.2) is 0 Å². The average Bonchev–Trinajstić information content (AvgIpc) is 3.11. The van der Waals surface area contributed by atoms with Gasteiger partial charge in [0, 0.05) is 37.8 Å². The molecule has 1 amide bonds. The number of nitrogens with one attached hydrogen (secondary N) is 1. The zero-order chi connectivity index (χ0) is 17.8. The molecule has 2 heterocycles. The number of aryl methyl sites for hydroxylation is 1. The van der Waals surface area contributed by atoms with Crippen LogP contribution in [0.15, 0.2) is 60.8 Å². The third-order valence-corrected chi connectivity index (χ3v) is 4.79. The second kappa shape index (κ2) is 7.62. The molecule has 4 rings (SSSR count). The number of fused-ring (bicyclic) bond motifs is 1. The minimum absolute atomic E-state index is 0.0310. The maximum Gasteiger partial charge on any atom is 0.226 e. The molecule has 0 radical (unpaired) electrons. The minimum Gasteiger partial charge on any atom is -0.378 e. The van der Waals surface area contributed by atoms with Gasteiger partial charge in [-0.05, 0) is 29.7 Å². The summed E-state index contributed by atoms with van der Waals surface area (Å²) in [6.07, 6.45) is 2.48. The number of ether oxygens (including phenoxy) is 1. The summed E-state index contributed by atoms with van der Waals surface area (Å²) in [6.45, 7) is 3.81. The van der Waals surface area contributed by atoms with E-state index in [1.54, 1.807) is 0 Å². The summed E-state index contributed by atoms with van der Waals surface area (Å²) < 4.78 is 7.55. The van der Waals surface area contributed by atoms with Gasteiger partial charge in [0.1, 0.15) is 0 Å². The summed E-state index contributed by atoms with van der Waals surface area (Å²) in [5.41, 5.74) is 3.10. The number of hydrogen-bond donors (Lipinski definition) is 1. The molecular formula is C21H23N3O2. The third kappa shape index (κ3) is 3.58. The van der Waals surface area contributed by atoms with E-state index in [4.69, 9.17) is 4.74 Å². The van der Waals surface area contributed by atoms with E-state index in [9.17, 15) is 4.79 Å². The highest BCUT2D eigenvalue weighted by atomic mass is 16.5. The molecule has 0 spiro atoms. The van der Waals surface area contributed by atoms with Crippen molar-refractivity contribution in [2.24, 2.45) is 0 Å². The largest absolute Gasteiger partial charge is 0.378 e. The maximum absolute atomic E-state index is 12.5. The van der Waals surface area contributed by atoms with Gasteiger partial charge in [0.05, 0.1) is 24.6 Å². The van der Waals surface area contributed by atoms with Crippen molar-refractivity contribution < 1.29 is 9.53 Å². The number of nitrogens with zero attached hydrogens (tertiary/aromatic N) is 2. The molecule has 3 aromatic rings. The van der Waals surface area contributed by atoms with Crippen molar-refractivity contribution >= 4 is 28.2 Å². The van der Waals surface area contributed by atoms with E-state index in [0.29, 0.717) is 13.0 Å². The van der Waals surface area contributed by atoms with Gasteiger partial charge in [-0.2, -0.15) is 0 Å². The van der Waals surface area contributed by atoms with Gasteiger partial charge in [0.25, 0.3) is 0 Å². The number of aromatic nitrogens is 1. The van der Waals surface area contributed by atoms with Gasteiger partial charge in [-0.1, -0.05) is 30.3 Å². The third-order valence-electron chi connectivity index (χ3n) is 4.79. The zero-order valence-corrected chi connectivity index (χ0v) is 14.7. The summed E-state index contributed by atoms with van der Waals surface area (Å²) in [6, 6.07) is 18.3. The molecule has 0 saturated carbocycles. The molecule has 134 valence electrons. The van der Waals surface area contributed by atoms with Crippen molar-refractivity contribution in [3.63, 3.8) is 0 Å². The van der Waals surface area contributed by atoms with Crippen molar-refractivity contribution in [2.45, 2.75) is 13.0 Å². The fraction of sp³-hybridized carbons (Fsp3) is 0.286. The molecule has 1 aliphatic heterocycles. The van der Waals surface area contributed by atoms with Gasteiger partial charge in [0.2, 0.25) is 5.91 Å². The second-order valence-corrected chi connectivity index (χ2v) is 6.48. The van der Waals surface area contributed by atoms with Crippen molar-refractivity contribution in [1.29, 1.82) is 0 Å². The van der Waals surface area contributed by atoms with E-state index in [1.807, 2.05) is 36.5 Å². The van der Waals surface area contributed by atoms with Crippen molar-refractivity contribution in [3.05, 3.63) is 60.8 Å². The number of carbonyl (C=O) groups is 1. The number of anilines is 2. The molecule has 1 saturated heterocycles. The van der Waals surface area contributed by atoms with Gasteiger partial charge in [-0.15, -0.1) is 0 Å². The van der Waals surface area contributed by atoms with Crippen LogP contribution in [-0.2, 0) is 16.1 Å². The van der Waals surface area contributed by atoms with Gasteiger partial charge >= 0.3 is 0 Å². The Bertz CT molecular complexity index is 897. The first-order valence-corrected chi connectivity index (χ1v) is 9.07. The highest BCUT2D eigenvalue weighted by molar-refractivity contribution is 5.94. The standard InChI is InChI=1S/C21H23N3O2/c25-21(10-12-23-11-9-17-5-1-3-7-19(17)23)22-18-6-2-4-8-20(18)24-13-15-26-16-14-24/h1-9,11H,10,12-16H2,(H,22,25). The number of para-hydroxylation sites is 3. The first kappa shape index (κ1) is 16.7. The predicted molar refractivity (Wildman–Crippen MR) is 105 cm³/mol. The van der Waals surface area contributed by atoms with E-state index in [1.165, 1.54) is 5.39 Å². The van der Waals surface area contributed by atoms with Crippen LogP contribution in [0, 0.1) is 0 Å². The van der Waals surface area contributed by atoms with Crippen molar-refractivity contribution in [2.75, 3.05) is 36.5 Å². The topological polar surface area (TPSA) is 46.5 Å². The Balaban J connectivity index is 1.42. The van der Waals surface area contributed by atoms with Gasteiger partial charge in [-0.3, -0.25) is 4.79 Å². The molecule has 0 bridgehead atoms.